The smallest absolute Gasteiger partial charge is 0.268 e. The Kier molecular flexibility index (Phi) is 5.06. The van der Waals surface area contributed by atoms with Crippen molar-refractivity contribution in [2.24, 2.45) is 7.05 Å². The molecule has 0 aliphatic heterocycles. The summed E-state index contributed by atoms with van der Waals surface area (Å²) in [6.07, 6.45) is 0. The lowest BCUT2D eigenvalue weighted by Gasteiger charge is -2.11. The third kappa shape index (κ3) is 3.59. The summed E-state index contributed by atoms with van der Waals surface area (Å²) < 4.78 is 18.6. The Morgan fingerprint density at radius 2 is 1.72 bits per heavy atom. The second-order valence-corrected chi connectivity index (χ2v) is 8.49. The number of aromatic nitrogens is 7. The highest BCUT2D eigenvalue weighted by molar-refractivity contribution is 5.90. The minimum absolute atomic E-state index is 0.220. The van der Waals surface area contributed by atoms with Crippen LogP contribution in [0, 0.1) is 12.9 Å². The summed E-state index contributed by atoms with van der Waals surface area (Å²) in [5.41, 5.74) is 3.41. The zero-order valence-corrected chi connectivity index (χ0v) is 19.6. The Labute approximate surface area is 204 Å². The summed E-state index contributed by atoms with van der Waals surface area (Å²) in [5, 5.41) is 17.0. The van der Waals surface area contributed by atoms with E-state index >= 15 is 0 Å². The Hall–Kier alpha value is -4.86. The van der Waals surface area contributed by atoms with E-state index in [-0.39, 0.29) is 5.56 Å². The van der Waals surface area contributed by atoms with Gasteiger partial charge in [-0.1, -0.05) is 48.5 Å². The lowest BCUT2D eigenvalue weighted by atomic mass is 10.1. The van der Waals surface area contributed by atoms with Crippen LogP contribution in [-0.4, -0.2) is 33.9 Å². The maximum Gasteiger partial charge on any atom is 0.268 e. The van der Waals surface area contributed by atoms with Gasteiger partial charge in [0.05, 0.1) is 12.2 Å². The van der Waals surface area contributed by atoms with Crippen LogP contribution in [0.25, 0.3) is 28.1 Å². The standard InChI is InChI=1S/C26H21FN8O/c1-16-30-31-26-33(2)25(36)22-23(28-19-7-4-3-5-8-19)34(32-24(22)35(16)26)15-17-11-13-18(14-12-17)20-9-6-10-21(27)29-20/h3-14,28H,15H2,1-2H3. The zero-order valence-electron chi connectivity index (χ0n) is 19.6. The van der Waals surface area contributed by atoms with Crippen molar-refractivity contribution in [1.82, 2.24) is 33.9 Å². The van der Waals surface area contributed by atoms with E-state index in [4.69, 9.17) is 5.10 Å². The van der Waals surface area contributed by atoms with Crippen LogP contribution in [0.2, 0.25) is 0 Å². The van der Waals surface area contributed by atoms with Crippen molar-refractivity contribution in [2.75, 3.05) is 5.32 Å². The van der Waals surface area contributed by atoms with Gasteiger partial charge in [0.25, 0.3) is 5.56 Å². The average Bonchev–Trinajstić information content (AvgIpc) is 3.44. The Balaban J connectivity index is 1.48. The number of benzene rings is 2. The summed E-state index contributed by atoms with van der Waals surface area (Å²) in [6.45, 7) is 2.22. The highest BCUT2D eigenvalue weighted by atomic mass is 19.1. The van der Waals surface area contributed by atoms with Crippen molar-refractivity contribution in [3.63, 3.8) is 0 Å². The van der Waals surface area contributed by atoms with E-state index in [2.05, 4.69) is 20.5 Å². The molecule has 178 valence electrons. The van der Waals surface area contributed by atoms with E-state index in [9.17, 15) is 9.18 Å². The largest absolute Gasteiger partial charge is 0.340 e. The van der Waals surface area contributed by atoms with Gasteiger partial charge < -0.3 is 5.32 Å². The maximum atomic E-state index is 13.6. The first kappa shape index (κ1) is 21.7. The van der Waals surface area contributed by atoms with Crippen LogP contribution in [0.1, 0.15) is 11.4 Å². The van der Waals surface area contributed by atoms with Crippen molar-refractivity contribution in [3.05, 3.63) is 100 Å². The van der Waals surface area contributed by atoms with Crippen molar-refractivity contribution in [3.8, 4) is 11.3 Å². The van der Waals surface area contributed by atoms with Gasteiger partial charge in [0.2, 0.25) is 11.7 Å². The molecule has 36 heavy (non-hydrogen) atoms. The van der Waals surface area contributed by atoms with Gasteiger partial charge in [0.15, 0.2) is 5.65 Å². The molecule has 0 fully saturated rings. The molecule has 2 aromatic carbocycles. The van der Waals surface area contributed by atoms with Crippen LogP contribution in [0.5, 0.6) is 0 Å². The molecule has 0 spiro atoms. The molecule has 0 unspecified atom stereocenters. The molecule has 0 saturated heterocycles. The molecule has 6 aromatic rings. The summed E-state index contributed by atoms with van der Waals surface area (Å²) in [6, 6.07) is 22.0. The lowest BCUT2D eigenvalue weighted by Crippen LogP contribution is -2.20. The van der Waals surface area contributed by atoms with Crippen molar-refractivity contribution in [2.45, 2.75) is 13.5 Å². The molecule has 0 atom stereocenters. The molecule has 10 heteroatoms. The number of nitrogens with one attached hydrogen (secondary N) is 1. The van der Waals surface area contributed by atoms with E-state index in [1.54, 1.807) is 28.3 Å². The number of para-hydroxylation sites is 1. The van der Waals surface area contributed by atoms with Crippen LogP contribution in [0.15, 0.2) is 77.6 Å². The minimum Gasteiger partial charge on any atom is -0.340 e. The predicted octanol–water partition coefficient (Wildman–Crippen LogP) is 4.08. The second kappa shape index (κ2) is 8.42. The van der Waals surface area contributed by atoms with Crippen LogP contribution >= 0.6 is 0 Å². The molecule has 0 amide bonds. The van der Waals surface area contributed by atoms with Gasteiger partial charge in [-0.15, -0.1) is 10.2 Å². The fourth-order valence-corrected chi connectivity index (χ4v) is 4.30. The quantitative estimate of drug-likeness (QED) is 0.374. The number of halogens is 1. The van der Waals surface area contributed by atoms with Crippen molar-refractivity contribution in [1.29, 1.82) is 0 Å². The summed E-state index contributed by atoms with van der Waals surface area (Å²) in [4.78, 5) is 17.4. The van der Waals surface area contributed by atoms with Crippen LogP contribution in [0.4, 0.5) is 15.9 Å². The number of aryl methyl sites for hydroxylation is 2. The van der Waals surface area contributed by atoms with E-state index in [0.717, 1.165) is 16.8 Å². The van der Waals surface area contributed by atoms with E-state index in [1.807, 2.05) is 61.5 Å². The predicted molar refractivity (Wildman–Crippen MR) is 135 cm³/mol. The molecule has 0 aliphatic rings. The average molecular weight is 481 g/mol. The first-order chi connectivity index (χ1) is 17.5. The summed E-state index contributed by atoms with van der Waals surface area (Å²) in [5.74, 6) is 1.11. The molecular formula is C26H21FN8O. The van der Waals surface area contributed by atoms with Crippen LogP contribution in [-0.2, 0) is 13.6 Å². The molecule has 9 nitrogen and oxygen atoms in total. The third-order valence-electron chi connectivity index (χ3n) is 6.11. The normalized spacial score (nSPS) is 11.4. The minimum atomic E-state index is -0.520. The van der Waals surface area contributed by atoms with E-state index in [1.165, 1.54) is 10.6 Å². The highest BCUT2D eigenvalue weighted by Gasteiger charge is 2.22. The SMILES string of the molecule is Cc1nnc2n(C)c(=O)c3c(Nc4ccccc4)n(Cc4ccc(-c5cccc(F)n5)cc4)nc3n12. The molecule has 4 heterocycles. The van der Waals surface area contributed by atoms with Gasteiger partial charge in [-0.3, -0.25) is 9.36 Å². The molecule has 0 aliphatic carbocycles. The summed E-state index contributed by atoms with van der Waals surface area (Å²) in [7, 11) is 1.67. The second-order valence-electron chi connectivity index (χ2n) is 8.49. The molecule has 1 N–H and O–H groups in total. The lowest BCUT2D eigenvalue weighted by molar-refractivity contribution is 0.585. The Morgan fingerprint density at radius 1 is 0.944 bits per heavy atom. The van der Waals surface area contributed by atoms with Crippen molar-refractivity contribution < 1.29 is 4.39 Å². The number of hydrogen-bond donors (Lipinski definition) is 1. The molecule has 0 bridgehead atoms. The molecule has 6 rings (SSSR count). The number of rotatable bonds is 5. The Morgan fingerprint density at radius 3 is 2.47 bits per heavy atom. The zero-order chi connectivity index (χ0) is 24.8. The monoisotopic (exact) mass is 480 g/mol. The first-order valence-corrected chi connectivity index (χ1v) is 11.3. The van der Waals surface area contributed by atoms with Crippen molar-refractivity contribution >= 4 is 28.3 Å². The first-order valence-electron chi connectivity index (χ1n) is 11.3. The Bertz CT molecular complexity index is 1790. The van der Waals surface area contributed by atoms with Gasteiger partial charge in [-0.2, -0.15) is 9.49 Å². The van der Waals surface area contributed by atoms with Gasteiger partial charge in [0.1, 0.15) is 17.0 Å². The molecule has 0 radical (unpaired) electrons. The molecule has 0 saturated carbocycles. The number of hydrogen-bond acceptors (Lipinski definition) is 6. The number of nitrogens with zero attached hydrogens (tertiary/aromatic N) is 7. The van der Waals surface area contributed by atoms with Gasteiger partial charge >= 0.3 is 0 Å². The summed E-state index contributed by atoms with van der Waals surface area (Å²) >= 11 is 0. The topological polar surface area (TPSA) is 94.9 Å². The fraction of sp³-hybridized carbons (Fsp3) is 0.115. The fourth-order valence-electron chi connectivity index (χ4n) is 4.30. The maximum absolute atomic E-state index is 13.6. The van der Waals surface area contributed by atoms with Gasteiger partial charge in [-0.25, -0.2) is 14.1 Å². The number of anilines is 2. The number of pyridine rings is 1. The molecular weight excluding hydrogens is 459 g/mol. The van der Waals surface area contributed by atoms with Gasteiger partial charge in [0, 0.05) is 18.3 Å². The third-order valence-corrected chi connectivity index (χ3v) is 6.11. The van der Waals surface area contributed by atoms with Crippen LogP contribution in [0.3, 0.4) is 0 Å². The molecule has 4 aromatic heterocycles. The number of fused-ring (bicyclic) bond motifs is 3. The van der Waals surface area contributed by atoms with E-state index in [0.29, 0.717) is 40.7 Å². The van der Waals surface area contributed by atoms with Gasteiger partial charge in [-0.05, 0) is 36.8 Å². The van der Waals surface area contributed by atoms with Crippen LogP contribution < -0.4 is 10.9 Å². The van der Waals surface area contributed by atoms with E-state index < -0.39 is 5.95 Å². The highest BCUT2D eigenvalue weighted by Crippen LogP contribution is 2.27.